The predicted molar refractivity (Wildman–Crippen MR) is 81.6 cm³/mol. The van der Waals surface area contributed by atoms with Gasteiger partial charge >= 0.3 is 0 Å². The van der Waals surface area contributed by atoms with Crippen LogP contribution in [0.1, 0.15) is 5.56 Å². The fourth-order valence-corrected chi connectivity index (χ4v) is 2.48. The van der Waals surface area contributed by atoms with E-state index in [0.717, 1.165) is 34.8 Å². The van der Waals surface area contributed by atoms with Gasteiger partial charge in [0.05, 0.1) is 4.47 Å². The van der Waals surface area contributed by atoms with E-state index in [9.17, 15) is 0 Å². The normalized spacial score (nSPS) is 13.1. The Balaban J connectivity index is 1.60. The van der Waals surface area contributed by atoms with Crippen molar-refractivity contribution in [3.63, 3.8) is 0 Å². The van der Waals surface area contributed by atoms with E-state index in [2.05, 4.69) is 32.3 Å². The maximum atomic E-state index is 5.58. The van der Waals surface area contributed by atoms with Gasteiger partial charge < -0.3 is 14.8 Å². The summed E-state index contributed by atoms with van der Waals surface area (Å²) in [7, 11) is 0. The van der Waals surface area contributed by atoms with Gasteiger partial charge in [-0.05, 0) is 52.2 Å². The van der Waals surface area contributed by atoms with Gasteiger partial charge in [0.25, 0.3) is 0 Å². The highest BCUT2D eigenvalue weighted by molar-refractivity contribution is 9.10. The van der Waals surface area contributed by atoms with Crippen molar-refractivity contribution >= 4 is 21.7 Å². The minimum absolute atomic E-state index is 0.621. The molecule has 2 aromatic rings. The molecule has 1 N–H and O–H groups in total. The molecule has 1 aliphatic heterocycles. The smallest absolute Gasteiger partial charge is 0.161 e. The number of pyridine rings is 1. The molecular weight excluding hydrogens is 320 g/mol. The van der Waals surface area contributed by atoms with Crippen LogP contribution in [-0.4, -0.2) is 24.7 Å². The lowest BCUT2D eigenvalue weighted by molar-refractivity contribution is 0.171. The van der Waals surface area contributed by atoms with Gasteiger partial charge in [0, 0.05) is 12.7 Å². The number of hydrogen-bond donors (Lipinski definition) is 1. The molecule has 104 valence electrons. The van der Waals surface area contributed by atoms with E-state index in [4.69, 9.17) is 9.47 Å². The Morgan fingerprint density at radius 2 is 2.00 bits per heavy atom. The van der Waals surface area contributed by atoms with Crippen LogP contribution in [0.3, 0.4) is 0 Å². The Bertz CT molecular complexity index is 604. The summed E-state index contributed by atoms with van der Waals surface area (Å²) in [5, 5.41) is 3.31. The molecule has 1 aromatic heterocycles. The minimum Gasteiger partial charge on any atom is -0.486 e. The molecule has 3 rings (SSSR count). The third-order valence-corrected chi connectivity index (χ3v) is 3.71. The molecular formula is C15H15BrN2O2. The third-order valence-electron chi connectivity index (χ3n) is 3.07. The van der Waals surface area contributed by atoms with Crippen molar-refractivity contribution in [2.24, 2.45) is 0 Å². The fraction of sp³-hybridized carbons (Fsp3) is 0.267. The summed E-state index contributed by atoms with van der Waals surface area (Å²) in [5.41, 5.74) is 1.22. The Morgan fingerprint density at radius 3 is 2.85 bits per heavy atom. The molecule has 0 bridgehead atoms. The summed E-state index contributed by atoms with van der Waals surface area (Å²) in [6, 6.07) is 9.96. The monoisotopic (exact) mass is 334 g/mol. The van der Waals surface area contributed by atoms with Crippen molar-refractivity contribution in [2.45, 2.75) is 6.42 Å². The number of aromatic nitrogens is 1. The molecule has 20 heavy (non-hydrogen) atoms. The predicted octanol–water partition coefficient (Wildman–Crippen LogP) is 3.27. The van der Waals surface area contributed by atoms with E-state index in [-0.39, 0.29) is 0 Å². The maximum absolute atomic E-state index is 5.58. The van der Waals surface area contributed by atoms with Crippen LogP contribution >= 0.6 is 15.9 Å². The highest BCUT2D eigenvalue weighted by Gasteiger charge is 2.11. The molecule has 1 aromatic carbocycles. The second kappa shape index (κ2) is 6.13. The SMILES string of the molecule is Brc1cccnc1NCCc1ccc2c(c1)OCCO2. The summed E-state index contributed by atoms with van der Waals surface area (Å²) >= 11 is 3.47. The van der Waals surface area contributed by atoms with Crippen molar-refractivity contribution in [1.82, 2.24) is 4.98 Å². The number of halogens is 1. The first kappa shape index (κ1) is 13.2. The first-order chi connectivity index (χ1) is 9.83. The largest absolute Gasteiger partial charge is 0.486 e. The van der Waals surface area contributed by atoms with Crippen LogP contribution in [0, 0.1) is 0 Å². The quantitative estimate of drug-likeness (QED) is 0.931. The van der Waals surface area contributed by atoms with E-state index < -0.39 is 0 Å². The number of fused-ring (bicyclic) bond motifs is 1. The van der Waals surface area contributed by atoms with E-state index in [1.165, 1.54) is 5.56 Å². The molecule has 1 aliphatic rings. The average molecular weight is 335 g/mol. The minimum atomic E-state index is 0.621. The molecule has 0 spiro atoms. The maximum Gasteiger partial charge on any atom is 0.161 e. The Kier molecular flexibility index (Phi) is 4.06. The summed E-state index contributed by atoms with van der Waals surface area (Å²) in [5.74, 6) is 2.54. The highest BCUT2D eigenvalue weighted by atomic mass is 79.9. The van der Waals surface area contributed by atoms with Crippen LogP contribution < -0.4 is 14.8 Å². The molecule has 0 unspecified atom stereocenters. The summed E-state index contributed by atoms with van der Waals surface area (Å²) in [4.78, 5) is 4.28. The molecule has 0 aliphatic carbocycles. The molecule has 0 fully saturated rings. The summed E-state index contributed by atoms with van der Waals surface area (Å²) in [6.07, 6.45) is 2.68. The van der Waals surface area contributed by atoms with Crippen molar-refractivity contribution < 1.29 is 9.47 Å². The number of ether oxygens (including phenoxy) is 2. The second-order valence-electron chi connectivity index (χ2n) is 4.49. The van der Waals surface area contributed by atoms with Crippen LogP contribution in [0.25, 0.3) is 0 Å². The summed E-state index contributed by atoms with van der Waals surface area (Å²) in [6.45, 7) is 2.06. The zero-order chi connectivity index (χ0) is 13.8. The second-order valence-corrected chi connectivity index (χ2v) is 5.34. The lowest BCUT2D eigenvalue weighted by Crippen LogP contribution is -2.15. The van der Waals surface area contributed by atoms with Gasteiger partial charge in [-0.15, -0.1) is 0 Å². The zero-order valence-corrected chi connectivity index (χ0v) is 12.5. The highest BCUT2D eigenvalue weighted by Crippen LogP contribution is 2.30. The number of rotatable bonds is 4. The van der Waals surface area contributed by atoms with E-state index >= 15 is 0 Å². The van der Waals surface area contributed by atoms with Crippen molar-refractivity contribution in [3.8, 4) is 11.5 Å². The molecule has 2 heterocycles. The van der Waals surface area contributed by atoms with Gasteiger partial charge in [-0.3, -0.25) is 0 Å². The third kappa shape index (κ3) is 3.04. The summed E-state index contributed by atoms with van der Waals surface area (Å²) < 4.78 is 12.1. The molecule has 0 amide bonds. The Hall–Kier alpha value is -1.75. The van der Waals surface area contributed by atoms with Crippen molar-refractivity contribution in [1.29, 1.82) is 0 Å². The number of anilines is 1. The van der Waals surface area contributed by atoms with Crippen LogP contribution in [0.5, 0.6) is 11.5 Å². The molecule has 0 atom stereocenters. The van der Waals surface area contributed by atoms with E-state index in [1.807, 2.05) is 24.3 Å². The lowest BCUT2D eigenvalue weighted by Gasteiger charge is -2.19. The molecule has 4 nitrogen and oxygen atoms in total. The average Bonchev–Trinajstić information content (AvgIpc) is 2.49. The zero-order valence-electron chi connectivity index (χ0n) is 10.9. The van der Waals surface area contributed by atoms with Gasteiger partial charge in [0.2, 0.25) is 0 Å². The first-order valence-electron chi connectivity index (χ1n) is 6.56. The number of hydrogen-bond acceptors (Lipinski definition) is 4. The number of benzene rings is 1. The fourth-order valence-electron chi connectivity index (χ4n) is 2.08. The number of nitrogens with one attached hydrogen (secondary N) is 1. The van der Waals surface area contributed by atoms with Gasteiger partial charge in [-0.1, -0.05) is 6.07 Å². The molecule has 0 saturated heterocycles. The van der Waals surface area contributed by atoms with Gasteiger partial charge in [-0.25, -0.2) is 4.98 Å². The van der Waals surface area contributed by atoms with E-state index in [1.54, 1.807) is 6.20 Å². The first-order valence-corrected chi connectivity index (χ1v) is 7.35. The van der Waals surface area contributed by atoms with Gasteiger partial charge in [0.15, 0.2) is 11.5 Å². The number of nitrogens with zero attached hydrogens (tertiary/aromatic N) is 1. The standard InChI is InChI=1S/C15H15BrN2O2/c16-12-2-1-6-17-15(12)18-7-5-11-3-4-13-14(10-11)20-9-8-19-13/h1-4,6,10H,5,7-9H2,(H,17,18). The van der Waals surface area contributed by atoms with Crippen molar-refractivity contribution in [2.75, 3.05) is 25.1 Å². The Morgan fingerprint density at radius 1 is 1.15 bits per heavy atom. The van der Waals surface area contributed by atoms with Gasteiger partial charge in [0.1, 0.15) is 19.0 Å². The lowest BCUT2D eigenvalue weighted by atomic mass is 10.1. The topological polar surface area (TPSA) is 43.4 Å². The molecule has 0 saturated carbocycles. The van der Waals surface area contributed by atoms with Crippen LogP contribution in [0.15, 0.2) is 41.0 Å². The van der Waals surface area contributed by atoms with Crippen LogP contribution in [0.4, 0.5) is 5.82 Å². The Labute approximate surface area is 126 Å². The molecule has 0 radical (unpaired) electrons. The van der Waals surface area contributed by atoms with Crippen LogP contribution in [0.2, 0.25) is 0 Å². The van der Waals surface area contributed by atoms with Crippen molar-refractivity contribution in [3.05, 3.63) is 46.6 Å². The van der Waals surface area contributed by atoms with Crippen LogP contribution in [-0.2, 0) is 6.42 Å². The van der Waals surface area contributed by atoms with Gasteiger partial charge in [-0.2, -0.15) is 0 Å². The van der Waals surface area contributed by atoms with E-state index in [0.29, 0.717) is 13.2 Å². The molecule has 5 heteroatoms.